The first-order valence-electron chi connectivity index (χ1n) is 9.68. The van der Waals surface area contributed by atoms with Crippen molar-refractivity contribution in [2.45, 2.75) is 51.4 Å². The summed E-state index contributed by atoms with van der Waals surface area (Å²) >= 11 is 0.845. The van der Waals surface area contributed by atoms with Gasteiger partial charge >= 0.3 is 5.97 Å². The predicted octanol–water partition coefficient (Wildman–Crippen LogP) is 4.68. The Balaban J connectivity index is 1.60. The topological polar surface area (TPSA) is 81.7 Å². The molecule has 1 heterocycles. The maximum Gasteiger partial charge on any atom is 0.311 e. The number of carbonyl (C=O) groups excluding carboxylic acids is 3. The molecule has 0 bridgehead atoms. The fraction of sp³-hybridized carbons (Fsp3) is 0.476. The van der Waals surface area contributed by atoms with Gasteiger partial charge in [-0.1, -0.05) is 38.2 Å². The zero-order chi connectivity index (χ0) is 19.9. The summed E-state index contributed by atoms with van der Waals surface area (Å²) in [7, 11) is 1.51. The van der Waals surface area contributed by atoms with Crippen molar-refractivity contribution in [3.63, 3.8) is 0 Å². The van der Waals surface area contributed by atoms with E-state index in [1.807, 2.05) is 0 Å². The molecule has 1 aliphatic heterocycles. The maximum atomic E-state index is 12.3. The third-order valence-corrected chi connectivity index (χ3v) is 5.88. The van der Waals surface area contributed by atoms with Gasteiger partial charge in [0.25, 0.3) is 11.1 Å². The van der Waals surface area contributed by atoms with Gasteiger partial charge in [-0.3, -0.25) is 19.7 Å². The van der Waals surface area contributed by atoms with E-state index in [0.717, 1.165) is 30.5 Å². The molecule has 3 rings (SSSR count). The normalized spacial score (nSPS) is 19.0. The molecule has 150 valence electrons. The van der Waals surface area contributed by atoms with Crippen molar-refractivity contribution in [2.24, 2.45) is 5.92 Å². The second-order valence-corrected chi connectivity index (χ2v) is 8.15. The first-order valence-corrected chi connectivity index (χ1v) is 10.5. The van der Waals surface area contributed by atoms with Gasteiger partial charge in [0.05, 0.1) is 12.0 Å². The molecule has 0 spiro atoms. The highest BCUT2D eigenvalue weighted by Crippen LogP contribution is 2.32. The number of hydrogen-bond acceptors (Lipinski definition) is 6. The van der Waals surface area contributed by atoms with E-state index in [4.69, 9.17) is 9.47 Å². The van der Waals surface area contributed by atoms with Crippen molar-refractivity contribution in [3.8, 4) is 11.5 Å². The van der Waals surface area contributed by atoms with E-state index in [1.54, 1.807) is 24.3 Å². The Morgan fingerprint density at radius 3 is 2.68 bits per heavy atom. The zero-order valence-corrected chi connectivity index (χ0v) is 16.8. The van der Waals surface area contributed by atoms with Crippen molar-refractivity contribution in [3.05, 3.63) is 28.7 Å². The van der Waals surface area contributed by atoms with Crippen LogP contribution < -0.4 is 14.8 Å². The predicted molar refractivity (Wildman–Crippen MR) is 108 cm³/mol. The van der Waals surface area contributed by atoms with Crippen molar-refractivity contribution in [1.82, 2.24) is 5.32 Å². The number of benzene rings is 1. The number of carbonyl (C=O) groups is 3. The van der Waals surface area contributed by atoms with Gasteiger partial charge in [0.2, 0.25) is 0 Å². The van der Waals surface area contributed by atoms with Crippen LogP contribution in [0.1, 0.15) is 56.9 Å². The lowest BCUT2D eigenvalue weighted by molar-refractivity contribution is -0.134. The lowest BCUT2D eigenvalue weighted by Crippen LogP contribution is -2.17. The SMILES string of the molecule is COc1ccc(/C=C2\SC(=O)NC2=O)cc1OC(=O)CCCC1CCCCC1. The summed E-state index contributed by atoms with van der Waals surface area (Å²) in [5, 5.41) is 1.82. The smallest absolute Gasteiger partial charge is 0.311 e. The standard InChI is InChI=1S/C21H25NO5S/c1-26-16-11-10-15(13-18-20(24)22-21(25)28-18)12-17(16)27-19(23)9-5-8-14-6-3-2-4-7-14/h10-14H,2-9H2,1H3,(H,22,24,25)/b18-13-. The van der Waals surface area contributed by atoms with Crippen LogP contribution in [0.3, 0.4) is 0 Å². The Morgan fingerprint density at radius 1 is 1.21 bits per heavy atom. The van der Waals surface area contributed by atoms with Crippen LogP contribution in [0.25, 0.3) is 6.08 Å². The fourth-order valence-electron chi connectivity index (χ4n) is 3.62. The number of methoxy groups -OCH3 is 1. The first kappa shape index (κ1) is 20.5. The Labute approximate surface area is 169 Å². The number of nitrogens with one attached hydrogen (secondary N) is 1. The molecule has 0 unspecified atom stereocenters. The Kier molecular flexibility index (Phi) is 7.14. The molecule has 2 aliphatic rings. The Hall–Kier alpha value is -2.28. The van der Waals surface area contributed by atoms with Crippen molar-refractivity contribution in [1.29, 1.82) is 0 Å². The minimum Gasteiger partial charge on any atom is -0.493 e. The van der Waals surface area contributed by atoms with Gasteiger partial charge in [-0.15, -0.1) is 0 Å². The Bertz CT molecular complexity index is 783. The second kappa shape index (κ2) is 9.78. The quantitative estimate of drug-likeness (QED) is 0.405. The van der Waals surface area contributed by atoms with Crippen LogP contribution in [0, 0.1) is 5.92 Å². The lowest BCUT2D eigenvalue weighted by Gasteiger charge is -2.21. The summed E-state index contributed by atoms with van der Waals surface area (Å²) in [4.78, 5) is 35.5. The molecule has 1 aromatic carbocycles. The third kappa shape index (κ3) is 5.61. The van der Waals surface area contributed by atoms with Gasteiger partial charge in [0.1, 0.15) is 0 Å². The number of hydrogen-bond donors (Lipinski definition) is 1. The third-order valence-electron chi connectivity index (χ3n) is 5.07. The molecule has 0 atom stereocenters. The average Bonchev–Trinajstić information content (AvgIpc) is 3.00. The van der Waals surface area contributed by atoms with Gasteiger partial charge in [-0.05, 0) is 54.3 Å². The molecular weight excluding hydrogens is 378 g/mol. The van der Waals surface area contributed by atoms with Crippen LogP contribution in [0.2, 0.25) is 0 Å². The summed E-state index contributed by atoms with van der Waals surface area (Å²) in [6, 6.07) is 5.06. The van der Waals surface area contributed by atoms with E-state index in [0.29, 0.717) is 28.4 Å². The monoisotopic (exact) mass is 403 g/mol. The van der Waals surface area contributed by atoms with Crippen LogP contribution >= 0.6 is 11.8 Å². The summed E-state index contributed by atoms with van der Waals surface area (Å²) in [6.07, 6.45) is 10.3. The van der Waals surface area contributed by atoms with Crippen LogP contribution in [-0.2, 0) is 9.59 Å². The summed E-state index contributed by atoms with van der Waals surface area (Å²) in [6.45, 7) is 0. The molecule has 7 heteroatoms. The van der Waals surface area contributed by atoms with Gasteiger partial charge in [0.15, 0.2) is 11.5 Å². The van der Waals surface area contributed by atoms with Gasteiger partial charge in [-0.2, -0.15) is 0 Å². The molecule has 1 aromatic rings. The van der Waals surface area contributed by atoms with E-state index >= 15 is 0 Å². The van der Waals surface area contributed by atoms with Crippen molar-refractivity contribution >= 4 is 35.0 Å². The average molecular weight is 404 g/mol. The molecule has 2 fully saturated rings. The number of rotatable bonds is 7. The minimum atomic E-state index is -0.424. The molecule has 6 nitrogen and oxygen atoms in total. The molecule has 1 saturated carbocycles. The maximum absolute atomic E-state index is 12.3. The molecule has 28 heavy (non-hydrogen) atoms. The fourth-order valence-corrected chi connectivity index (χ4v) is 4.30. The molecule has 2 amide bonds. The molecule has 1 saturated heterocycles. The van der Waals surface area contributed by atoms with Crippen LogP contribution in [0.5, 0.6) is 11.5 Å². The number of thioether (sulfide) groups is 1. The molecule has 0 radical (unpaired) electrons. The van der Waals surface area contributed by atoms with Crippen molar-refractivity contribution in [2.75, 3.05) is 7.11 Å². The molecule has 1 N–H and O–H groups in total. The number of esters is 1. The van der Waals surface area contributed by atoms with E-state index in [2.05, 4.69) is 5.32 Å². The van der Waals surface area contributed by atoms with E-state index in [-0.39, 0.29) is 5.97 Å². The zero-order valence-electron chi connectivity index (χ0n) is 16.0. The highest BCUT2D eigenvalue weighted by Gasteiger charge is 2.25. The summed E-state index contributed by atoms with van der Waals surface area (Å²) in [5.74, 6) is 0.787. The van der Waals surface area contributed by atoms with Crippen LogP contribution in [0.4, 0.5) is 4.79 Å². The number of amides is 2. The van der Waals surface area contributed by atoms with Crippen LogP contribution in [-0.4, -0.2) is 24.2 Å². The molecule has 0 aromatic heterocycles. The summed E-state index contributed by atoms with van der Waals surface area (Å²) < 4.78 is 10.8. The minimum absolute atomic E-state index is 0.290. The summed E-state index contributed by atoms with van der Waals surface area (Å²) in [5.41, 5.74) is 0.651. The lowest BCUT2D eigenvalue weighted by atomic mass is 9.86. The van der Waals surface area contributed by atoms with E-state index in [9.17, 15) is 14.4 Å². The van der Waals surface area contributed by atoms with Gasteiger partial charge in [-0.25, -0.2) is 0 Å². The Morgan fingerprint density at radius 2 is 2.00 bits per heavy atom. The largest absolute Gasteiger partial charge is 0.493 e. The van der Waals surface area contributed by atoms with E-state index < -0.39 is 11.1 Å². The van der Waals surface area contributed by atoms with Gasteiger partial charge < -0.3 is 9.47 Å². The van der Waals surface area contributed by atoms with Crippen LogP contribution in [0.15, 0.2) is 23.1 Å². The van der Waals surface area contributed by atoms with E-state index in [1.165, 1.54) is 39.2 Å². The molecule has 1 aliphatic carbocycles. The number of imide groups is 1. The van der Waals surface area contributed by atoms with Gasteiger partial charge in [0, 0.05) is 6.42 Å². The highest BCUT2D eigenvalue weighted by molar-refractivity contribution is 8.18. The first-order chi connectivity index (χ1) is 13.5. The van der Waals surface area contributed by atoms with Crippen molar-refractivity contribution < 1.29 is 23.9 Å². The second-order valence-electron chi connectivity index (χ2n) is 7.13. The highest BCUT2D eigenvalue weighted by atomic mass is 32.2. The molecular formula is C21H25NO5S. The number of ether oxygens (including phenoxy) is 2.